The molecule has 1 saturated heterocycles. The van der Waals surface area contributed by atoms with E-state index in [0.717, 1.165) is 16.2 Å². The lowest BCUT2D eigenvalue weighted by atomic mass is 9.75. The molecule has 1 aliphatic rings. The van der Waals surface area contributed by atoms with E-state index in [4.69, 9.17) is 26.6 Å². The Balaban J connectivity index is 2.20. The summed E-state index contributed by atoms with van der Waals surface area (Å²) in [6.45, 7) is 8.09. The molecule has 2 aromatic carbocycles. The Kier molecular flexibility index (Phi) is 3.24. The average molecular weight is 304 g/mol. The van der Waals surface area contributed by atoms with Gasteiger partial charge in [-0.1, -0.05) is 35.9 Å². The highest BCUT2D eigenvalue weighted by Crippen LogP contribution is 2.38. The zero-order chi connectivity index (χ0) is 15.4. The lowest BCUT2D eigenvalue weighted by Crippen LogP contribution is -2.41. The van der Waals surface area contributed by atoms with Crippen molar-refractivity contribution in [1.29, 1.82) is 0 Å². The van der Waals surface area contributed by atoms with Crippen LogP contribution in [0.25, 0.3) is 10.8 Å². The van der Waals surface area contributed by atoms with Gasteiger partial charge >= 0.3 is 7.12 Å². The van der Waals surface area contributed by atoms with Crippen molar-refractivity contribution in [3.8, 4) is 0 Å². The van der Waals surface area contributed by atoms with Gasteiger partial charge < -0.3 is 15.0 Å². The number of anilines is 1. The third-order valence-electron chi connectivity index (χ3n) is 4.57. The Labute approximate surface area is 130 Å². The Hall–Kier alpha value is -1.23. The molecule has 2 aromatic rings. The fourth-order valence-electron chi connectivity index (χ4n) is 2.57. The van der Waals surface area contributed by atoms with E-state index in [9.17, 15) is 0 Å². The molecule has 1 heterocycles. The summed E-state index contributed by atoms with van der Waals surface area (Å²) < 4.78 is 12.3. The molecule has 0 bridgehead atoms. The number of benzene rings is 2. The predicted molar refractivity (Wildman–Crippen MR) is 89.1 cm³/mol. The van der Waals surface area contributed by atoms with E-state index in [-0.39, 0.29) is 0 Å². The van der Waals surface area contributed by atoms with Crippen LogP contribution in [-0.4, -0.2) is 18.3 Å². The molecule has 3 rings (SSSR count). The maximum atomic E-state index is 6.28. The third kappa shape index (κ3) is 2.22. The molecule has 0 saturated carbocycles. The van der Waals surface area contributed by atoms with Crippen LogP contribution in [0, 0.1) is 0 Å². The molecule has 0 atom stereocenters. The Bertz CT molecular complexity index is 699. The second-order valence-electron chi connectivity index (χ2n) is 6.50. The number of nitrogens with two attached hydrogens (primary N) is 1. The number of halogens is 1. The van der Waals surface area contributed by atoms with Gasteiger partial charge in [0.05, 0.1) is 21.9 Å². The summed E-state index contributed by atoms with van der Waals surface area (Å²) in [5.74, 6) is 0. The van der Waals surface area contributed by atoms with Gasteiger partial charge in [-0.3, -0.25) is 0 Å². The molecular weight excluding hydrogens is 284 g/mol. The largest absolute Gasteiger partial charge is 0.497 e. The first kappa shape index (κ1) is 14.7. The summed E-state index contributed by atoms with van der Waals surface area (Å²) in [4.78, 5) is 0. The molecule has 0 unspecified atom stereocenters. The van der Waals surface area contributed by atoms with Gasteiger partial charge in [-0.2, -0.15) is 0 Å². The van der Waals surface area contributed by atoms with Crippen LogP contribution < -0.4 is 11.2 Å². The Morgan fingerprint density at radius 3 is 2.24 bits per heavy atom. The summed E-state index contributed by atoms with van der Waals surface area (Å²) >= 11 is 6.28. The zero-order valence-corrected chi connectivity index (χ0v) is 13.5. The summed E-state index contributed by atoms with van der Waals surface area (Å²) in [6.07, 6.45) is 0. The molecule has 21 heavy (non-hydrogen) atoms. The minimum absolute atomic E-state index is 0.409. The second kappa shape index (κ2) is 4.63. The standard InChI is InChI=1S/C16H19BClNO2/c1-15(2)16(3,4)21-17(20-15)13-11-8-6-5-7-10(11)9-12(18)14(13)19/h5-9H,19H2,1-4H3. The SMILES string of the molecule is CC1(C)OB(c2c(N)c(Cl)cc3ccccc23)OC1(C)C. The maximum Gasteiger partial charge on any atom is 0.497 e. The fraction of sp³-hybridized carbons (Fsp3) is 0.375. The van der Waals surface area contributed by atoms with E-state index in [1.807, 2.05) is 58.0 Å². The quantitative estimate of drug-likeness (QED) is 0.649. The summed E-state index contributed by atoms with van der Waals surface area (Å²) in [5.41, 5.74) is 6.73. The van der Waals surface area contributed by atoms with Crippen molar-refractivity contribution >= 4 is 40.6 Å². The smallest absolute Gasteiger partial charge is 0.399 e. The molecular formula is C16H19BClNO2. The van der Waals surface area contributed by atoms with Crippen LogP contribution >= 0.6 is 11.6 Å². The topological polar surface area (TPSA) is 44.5 Å². The molecule has 110 valence electrons. The maximum absolute atomic E-state index is 6.28. The molecule has 0 radical (unpaired) electrons. The van der Waals surface area contributed by atoms with E-state index in [0.29, 0.717) is 10.7 Å². The van der Waals surface area contributed by atoms with Crippen molar-refractivity contribution in [2.75, 3.05) is 5.73 Å². The summed E-state index contributed by atoms with van der Waals surface area (Å²) in [5, 5.41) is 2.57. The van der Waals surface area contributed by atoms with Crippen LogP contribution in [0.3, 0.4) is 0 Å². The first-order valence-corrected chi connectivity index (χ1v) is 7.43. The van der Waals surface area contributed by atoms with Gasteiger partial charge in [0.1, 0.15) is 0 Å². The van der Waals surface area contributed by atoms with E-state index >= 15 is 0 Å². The fourth-order valence-corrected chi connectivity index (χ4v) is 2.79. The number of hydrogen-bond acceptors (Lipinski definition) is 3. The van der Waals surface area contributed by atoms with Gasteiger partial charge in [0.2, 0.25) is 0 Å². The van der Waals surface area contributed by atoms with Gasteiger partial charge in [0, 0.05) is 5.46 Å². The first-order valence-electron chi connectivity index (χ1n) is 7.05. The number of rotatable bonds is 1. The number of nitrogen functional groups attached to an aromatic ring is 1. The van der Waals surface area contributed by atoms with Crippen LogP contribution in [0.1, 0.15) is 27.7 Å². The van der Waals surface area contributed by atoms with Gasteiger partial charge in [-0.25, -0.2) is 0 Å². The van der Waals surface area contributed by atoms with Gasteiger partial charge in [-0.15, -0.1) is 0 Å². The Morgan fingerprint density at radius 2 is 1.62 bits per heavy atom. The van der Waals surface area contributed by atoms with Crippen molar-refractivity contribution in [2.45, 2.75) is 38.9 Å². The molecule has 0 spiro atoms. The van der Waals surface area contributed by atoms with E-state index in [1.165, 1.54) is 0 Å². The normalized spacial score (nSPS) is 20.1. The molecule has 0 aliphatic carbocycles. The number of fused-ring (bicyclic) bond motifs is 1. The van der Waals surface area contributed by atoms with Crippen LogP contribution in [0.2, 0.25) is 5.02 Å². The van der Waals surface area contributed by atoms with Gasteiger partial charge in [0.25, 0.3) is 0 Å². The highest BCUT2D eigenvalue weighted by Gasteiger charge is 2.52. The minimum atomic E-state index is -0.515. The lowest BCUT2D eigenvalue weighted by molar-refractivity contribution is 0.00578. The third-order valence-corrected chi connectivity index (χ3v) is 4.88. The molecule has 0 amide bonds. The highest BCUT2D eigenvalue weighted by atomic mass is 35.5. The minimum Gasteiger partial charge on any atom is -0.399 e. The summed E-state index contributed by atoms with van der Waals surface area (Å²) in [7, 11) is -0.515. The van der Waals surface area contributed by atoms with Crippen LogP contribution in [0.4, 0.5) is 5.69 Å². The second-order valence-corrected chi connectivity index (χ2v) is 6.90. The average Bonchev–Trinajstić information content (AvgIpc) is 2.59. The molecule has 1 fully saturated rings. The van der Waals surface area contributed by atoms with E-state index in [1.54, 1.807) is 0 Å². The monoisotopic (exact) mass is 303 g/mol. The van der Waals surface area contributed by atoms with Crippen molar-refractivity contribution in [2.24, 2.45) is 0 Å². The summed E-state index contributed by atoms with van der Waals surface area (Å²) in [6, 6.07) is 9.85. The van der Waals surface area contributed by atoms with Crippen LogP contribution in [0.15, 0.2) is 30.3 Å². The van der Waals surface area contributed by atoms with Gasteiger partial charge in [-0.05, 0) is 44.5 Å². The lowest BCUT2D eigenvalue weighted by Gasteiger charge is -2.32. The van der Waals surface area contributed by atoms with Crippen LogP contribution in [0.5, 0.6) is 0 Å². The predicted octanol–water partition coefficient (Wildman–Crippen LogP) is 3.37. The van der Waals surface area contributed by atoms with E-state index in [2.05, 4.69) is 0 Å². The van der Waals surface area contributed by atoms with Crippen LogP contribution in [-0.2, 0) is 9.31 Å². The first-order chi connectivity index (χ1) is 9.73. The molecule has 5 heteroatoms. The Morgan fingerprint density at radius 1 is 1.05 bits per heavy atom. The van der Waals surface area contributed by atoms with E-state index < -0.39 is 18.3 Å². The zero-order valence-electron chi connectivity index (χ0n) is 12.7. The van der Waals surface area contributed by atoms with Crippen molar-refractivity contribution in [3.63, 3.8) is 0 Å². The van der Waals surface area contributed by atoms with Crippen molar-refractivity contribution in [3.05, 3.63) is 35.4 Å². The molecule has 2 N–H and O–H groups in total. The molecule has 3 nitrogen and oxygen atoms in total. The van der Waals surface area contributed by atoms with Gasteiger partial charge in [0.15, 0.2) is 0 Å². The molecule has 1 aliphatic heterocycles. The highest BCUT2D eigenvalue weighted by molar-refractivity contribution is 6.67. The van der Waals surface area contributed by atoms with Crippen molar-refractivity contribution < 1.29 is 9.31 Å². The molecule has 0 aromatic heterocycles. The van der Waals surface area contributed by atoms with Crippen molar-refractivity contribution in [1.82, 2.24) is 0 Å². The number of hydrogen-bond donors (Lipinski definition) is 1.